The molecule has 0 saturated heterocycles. The van der Waals surface area contributed by atoms with Gasteiger partial charge >= 0.3 is 0 Å². The van der Waals surface area contributed by atoms with Crippen molar-refractivity contribution in [2.75, 3.05) is 13.7 Å². The Morgan fingerprint density at radius 1 is 1.13 bits per heavy atom. The van der Waals surface area contributed by atoms with E-state index in [1.807, 2.05) is 63.2 Å². The minimum Gasteiger partial charge on any atom is -0.497 e. The normalized spacial score (nSPS) is 12.2. The Morgan fingerprint density at radius 2 is 1.83 bits per heavy atom. The monoisotopic (exact) mass is 425 g/mol. The second-order valence-electron chi connectivity index (χ2n) is 7.33. The lowest BCUT2D eigenvalue weighted by Gasteiger charge is -2.18. The van der Waals surface area contributed by atoms with E-state index in [4.69, 9.17) is 4.74 Å². The smallest absolute Gasteiger partial charge is 0.262 e. The van der Waals surface area contributed by atoms with Crippen LogP contribution in [0.5, 0.6) is 5.75 Å². The van der Waals surface area contributed by atoms with Crippen LogP contribution in [0.4, 0.5) is 0 Å². The average molecular weight is 426 g/mol. The third kappa shape index (κ3) is 5.02. The predicted molar refractivity (Wildman–Crippen MR) is 121 cm³/mol. The third-order valence-electron chi connectivity index (χ3n) is 4.82. The van der Waals surface area contributed by atoms with Gasteiger partial charge in [0.05, 0.1) is 23.3 Å². The third-order valence-corrected chi connectivity index (χ3v) is 5.88. The van der Waals surface area contributed by atoms with Crippen LogP contribution >= 0.6 is 11.8 Å². The SMILES string of the molecule is COc1ccc(CCNC(=O)C(C)Sc2nc3ccccc3c(=O)n2C(C)C)cc1. The maximum absolute atomic E-state index is 12.9. The van der Waals surface area contributed by atoms with Crippen molar-refractivity contribution in [1.82, 2.24) is 14.9 Å². The zero-order valence-corrected chi connectivity index (χ0v) is 18.5. The molecule has 0 radical (unpaired) electrons. The van der Waals surface area contributed by atoms with Crippen LogP contribution in [0.1, 0.15) is 32.4 Å². The topological polar surface area (TPSA) is 73.2 Å². The Labute approximate surface area is 180 Å². The Hall–Kier alpha value is -2.80. The van der Waals surface area contributed by atoms with Gasteiger partial charge in [0, 0.05) is 12.6 Å². The number of ether oxygens (including phenoxy) is 1. The molecule has 1 unspecified atom stereocenters. The van der Waals surface area contributed by atoms with E-state index in [9.17, 15) is 9.59 Å². The van der Waals surface area contributed by atoms with E-state index in [0.717, 1.165) is 17.7 Å². The molecule has 0 bridgehead atoms. The predicted octanol–water partition coefficient (Wildman–Crippen LogP) is 3.83. The van der Waals surface area contributed by atoms with Crippen LogP contribution in [-0.4, -0.2) is 34.4 Å². The first-order valence-electron chi connectivity index (χ1n) is 9.99. The first-order chi connectivity index (χ1) is 14.4. The van der Waals surface area contributed by atoms with Gasteiger partial charge in [0.25, 0.3) is 5.56 Å². The molecule has 1 atom stereocenters. The lowest BCUT2D eigenvalue weighted by Crippen LogP contribution is -2.33. The first-order valence-corrected chi connectivity index (χ1v) is 10.9. The summed E-state index contributed by atoms with van der Waals surface area (Å²) >= 11 is 1.31. The van der Waals surface area contributed by atoms with Gasteiger partial charge in [0.1, 0.15) is 5.75 Å². The zero-order valence-electron chi connectivity index (χ0n) is 17.7. The van der Waals surface area contributed by atoms with Crippen molar-refractivity contribution < 1.29 is 9.53 Å². The van der Waals surface area contributed by atoms with Gasteiger partial charge in [-0.2, -0.15) is 0 Å². The number of rotatable bonds is 8. The maximum atomic E-state index is 12.9. The van der Waals surface area contributed by atoms with Crippen molar-refractivity contribution in [3.63, 3.8) is 0 Å². The molecule has 1 amide bonds. The van der Waals surface area contributed by atoms with Crippen LogP contribution in [-0.2, 0) is 11.2 Å². The van der Waals surface area contributed by atoms with Crippen molar-refractivity contribution in [2.24, 2.45) is 0 Å². The van der Waals surface area contributed by atoms with Crippen molar-refractivity contribution in [1.29, 1.82) is 0 Å². The Kier molecular flexibility index (Phi) is 7.15. The lowest BCUT2D eigenvalue weighted by molar-refractivity contribution is -0.120. The molecule has 0 saturated carbocycles. The van der Waals surface area contributed by atoms with Crippen LogP contribution in [0.15, 0.2) is 58.5 Å². The number of amides is 1. The van der Waals surface area contributed by atoms with E-state index < -0.39 is 0 Å². The highest BCUT2D eigenvalue weighted by Gasteiger charge is 2.20. The minimum atomic E-state index is -0.376. The number of methoxy groups -OCH3 is 1. The highest BCUT2D eigenvalue weighted by Crippen LogP contribution is 2.24. The molecular formula is C23H27N3O3S. The highest BCUT2D eigenvalue weighted by atomic mass is 32.2. The van der Waals surface area contributed by atoms with Crippen LogP contribution in [0.3, 0.4) is 0 Å². The standard InChI is InChI=1S/C23H27N3O3S/c1-15(2)26-22(28)19-7-5-6-8-20(19)25-23(26)30-16(3)21(27)24-14-13-17-9-11-18(29-4)12-10-17/h5-12,15-16H,13-14H2,1-4H3,(H,24,27). The second kappa shape index (κ2) is 9.80. The number of hydrogen-bond donors (Lipinski definition) is 1. The van der Waals surface area contributed by atoms with E-state index in [-0.39, 0.29) is 22.8 Å². The van der Waals surface area contributed by atoms with Gasteiger partial charge in [-0.3, -0.25) is 14.2 Å². The molecule has 0 spiro atoms. The quantitative estimate of drug-likeness (QED) is 0.439. The number of benzene rings is 2. The Bertz CT molecular complexity index is 1080. The van der Waals surface area contributed by atoms with Gasteiger partial charge in [-0.15, -0.1) is 0 Å². The van der Waals surface area contributed by atoms with Gasteiger partial charge in [-0.05, 0) is 57.0 Å². The lowest BCUT2D eigenvalue weighted by atomic mass is 10.1. The maximum Gasteiger partial charge on any atom is 0.262 e. The van der Waals surface area contributed by atoms with Crippen LogP contribution in [0.25, 0.3) is 10.9 Å². The number of aromatic nitrogens is 2. The van der Waals surface area contributed by atoms with Gasteiger partial charge < -0.3 is 10.1 Å². The number of fused-ring (bicyclic) bond motifs is 1. The summed E-state index contributed by atoms with van der Waals surface area (Å²) in [6.45, 7) is 6.26. The molecule has 1 heterocycles. The molecule has 6 nitrogen and oxygen atoms in total. The Morgan fingerprint density at radius 3 is 2.50 bits per heavy atom. The molecular weight excluding hydrogens is 398 g/mol. The molecule has 1 aromatic heterocycles. The van der Waals surface area contributed by atoms with E-state index >= 15 is 0 Å². The zero-order chi connectivity index (χ0) is 21.7. The summed E-state index contributed by atoms with van der Waals surface area (Å²) in [6, 6.07) is 15.0. The van der Waals surface area contributed by atoms with E-state index in [2.05, 4.69) is 10.3 Å². The summed E-state index contributed by atoms with van der Waals surface area (Å²) in [5.41, 5.74) is 1.69. The molecule has 3 rings (SSSR count). The van der Waals surface area contributed by atoms with Gasteiger partial charge in [0.2, 0.25) is 5.91 Å². The number of carbonyl (C=O) groups excluding carboxylic acids is 1. The molecule has 0 aliphatic heterocycles. The molecule has 1 N–H and O–H groups in total. The average Bonchev–Trinajstić information content (AvgIpc) is 2.74. The molecule has 0 aliphatic rings. The summed E-state index contributed by atoms with van der Waals surface area (Å²) in [7, 11) is 1.64. The van der Waals surface area contributed by atoms with Gasteiger partial charge in [-0.25, -0.2) is 4.98 Å². The number of para-hydroxylation sites is 1. The molecule has 2 aromatic carbocycles. The van der Waals surface area contributed by atoms with Crippen LogP contribution in [0, 0.1) is 0 Å². The fraction of sp³-hybridized carbons (Fsp3) is 0.348. The number of carbonyl (C=O) groups is 1. The van der Waals surface area contributed by atoms with Crippen LogP contribution in [0.2, 0.25) is 0 Å². The van der Waals surface area contributed by atoms with Gasteiger partial charge in [0.15, 0.2) is 5.16 Å². The summed E-state index contributed by atoms with van der Waals surface area (Å²) in [4.78, 5) is 30.2. The van der Waals surface area contributed by atoms with E-state index in [0.29, 0.717) is 22.6 Å². The van der Waals surface area contributed by atoms with Gasteiger partial charge in [-0.1, -0.05) is 36.0 Å². The number of hydrogen-bond acceptors (Lipinski definition) is 5. The summed E-state index contributed by atoms with van der Waals surface area (Å²) < 4.78 is 6.82. The molecule has 0 fully saturated rings. The first kappa shape index (κ1) is 21.9. The number of nitrogens with one attached hydrogen (secondary N) is 1. The Balaban J connectivity index is 1.67. The summed E-state index contributed by atoms with van der Waals surface area (Å²) in [6.07, 6.45) is 0.734. The van der Waals surface area contributed by atoms with Crippen molar-refractivity contribution in [3.8, 4) is 5.75 Å². The van der Waals surface area contributed by atoms with Crippen molar-refractivity contribution in [2.45, 2.75) is 43.6 Å². The van der Waals surface area contributed by atoms with E-state index in [1.54, 1.807) is 17.7 Å². The second-order valence-corrected chi connectivity index (χ2v) is 8.64. The highest BCUT2D eigenvalue weighted by molar-refractivity contribution is 8.00. The summed E-state index contributed by atoms with van der Waals surface area (Å²) in [5, 5.41) is 3.75. The molecule has 158 valence electrons. The largest absolute Gasteiger partial charge is 0.497 e. The number of nitrogens with zero attached hydrogens (tertiary/aromatic N) is 2. The molecule has 30 heavy (non-hydrogen) atoms. The van der Waals surface area contributed by atoms with Crippen molar-refractivity contribution >= 4 is 28.6 Å². The molecule has 7 heteroatoms. The summed E-state index contributed by atoms with van der Waals surface area (Å²) in [5.74, 6) is 0.734. The number of thioether (sulfide) groups is 1. The molecule has 3 aromatic rings. The fourth-order valence-electron chi connectivity index (χ4n) is 3.14. The molecule has 0 aliphatic carbocycles. The van der Waals surface area contributed by atoms with Crippen molar-refractivity contribution in [3.05, 3.63) is 64.4 Å². The van der Waals surface area contributed by atoms with Crippen LogP contribution < -0.4 is 15.6 Å². The minimum absolute atomic E-state index is 0.0533. The van der Waals surface area contributed by atoms with E-state index in [1.165, 1.54) is 11.8 Å². The fourth-order valence-corrected chi connectivity index (χ4v) is 4.21.